The number of aromatic amines is 1. The maximum Gasteiger partial charge on any atom is 0.224 e. The van der Waals surface area contributed by atoms with Gasteiger partial charge in [0.15, 0.2) is 0 Å². The van der Waals surface area contributed by atoms with Crippen LogP contribution in [0.15, 0.2) is 97.1 Å². The van der Waals surface area contributed by atoms with E-state index in [4.69, 9.17) is 9.72 Å². The summed E-state index contributed by atoms with van der Waals surface area (Å²) in [5.74, 6) is 1.74. The molecule has 1 saturated heterocycles. The second kappa shape index (κ2) is 13.6. The number of para-hydroxylation sites is 1. The van der Waals surface area contributed by atoms with Gasteiger partial charge in [-0.3, -0.25) is 9.69 Å². The normalized spacial score (nSPS) is 13.7. The number of anilines is 2. The number of carbonyl (C=O) groups excluding carboxylic acids is 1. The fourth-order valence-corrected chi connectivity index (χ4v) is 5.57. The number of rotatable bonds is 11. The van der Waals surface area contributed by atoms with E-state index in [1.807, 2.05) is 54.6 Å². The van der Waals surface area contributed by atoms with Gasteiger partial charge in [0.25, 0.3) is 0 Å². The van der Waals surface area contributed by atoms with Gasteiger partial charge in [-0.1, -0.05) is 67.6 Å². The number of aryl methyl sites for hydroxylation is 2. The van der Waals surface area contributed by atoms with Crippen molar-refractivity contribution in [3.63, 3.8) is 0 Å². The van der Waals surface area contributed by atoms with Gasteiger partial charge < -0.3 is 19.9 Å². The first-order valence-corrected chi connectivity index (χ1v) is 15.3. The van der Waals surface area contributed by atoms with E-state index in [0.717, 1.165) is 79.4 Å². The molecule has 1 aliphatic heterocycles. The van der Waals surface area contributed by atoms with Crippen molar-refractivity contribution in [3.8, 4) is 17.1 Å². The molecular weight excluding hydrogens is 534 g/mol. The Morgan fingerprint density at radius 2 is 1.63 bits per heavy atom. The minimum Gasteiger partial charge on any atom is -0.492 e. The van der Waals surface area contributed by atoms with Crippen LogP contribution in [-0.4, -0.2) is 60.1 Å². The summed E-state index contributed by atoms with van der Waals surface area (Å²) in [5, 5.41) is 2.98. The number of hydrogen-bond acceptors (Lipinski definition) is 5. The molecule has 1 amide bonds. The van der Waals surface area contributed by atoms with Crippen molar-refractivity contribution < 1.29 is 9.53 Å². The molecule has 6 rings (SSSR count). The number of carbonyl (C=O) groups is 1. The lowest BCUT2D eigenvalue weighted by molar-refractivity contribution is -0.116. The van der Waals surface area contributed by atoms with Crippen LogP contribution in [0.5, 0.6) is 5.75 Å². The van der Waals surface area contributed by atoms with Gasteiger partial charge in [-0.2, -0.15) is 0 Å². The summed E-state index contributed by atoms with van der Waals surface area (Å²) in [6, 6.07) is 32.8. The van der Waals surface area contributed by atoms with Gasteiger partial charge in [0, 0.05) is 50.4 Å². The number of nitrogens with one attached hydrogen (secondary N) is 2. The highest BCUT2D eigenvalue weighted by Crippen LogP contribution is 2.29. The van der Waals surface area contributed by atoms with Crippen LogP contribution >= 0.6 is 0 Å². The molecule has 1 fully saturated rings. The topological polar surface area (TPSA) is 73.5 Å². The maximum absolute atomic E-state index is 12.3. The van der Waals surface area contributed by atoms with Crippen LogP contribution in [0.1, 0.15) is 24.5 Å². The zero-order valence-electron chi connectivity index (χ0n) is 24.8. The van der Waals surface area contributed by atoms with Crippen LogP contribution < -0.4 is 15.0 Å². The third-order valence-corrected chi connectivity index (χ3v) is 8.14. The van der Waals surface area contributed by atoms with Gasteiger partial charge in [0.2, 0.25) is 5.91 Å². The first kappa shape index (κ1) is 28.5. The van der Waals surface area contributed by atoms with Crippen LogP contribution in [0, 0.1) is 0 Å². The van der Waals surface area contributed by atoms with Crippen molar-refractivity contribution >= 4 is 28.3 Å². The highest BCUT2D eigenvalue weighted by Gasteiger charge is 2.20. The highest BCUT2D eigenvalue weighted by molar-refractivity contribution is 5.91. The Hall–Kier alpha value is -4.62. The predicted octanol–water partition coefficient (Wildman–Crippen LogP) is 6.56. The number of nitrogens with zero attached hydrogens (tertiary/aromatic N) is 3. The Morgan fingerprint density at radius 3 is 2.37 bits per heavy atom. The number of benzene rings is 4. The van der Waals surface area contributed by atoms with E-state index in [-0.39, 0.29) is 5.91 Å². The molecule has 5 aromatic rings. The lowest BCUT2D eigenvalue weighted by Crippen LogP contribution is -2.47. The fraction of sp³-hybridized carbons (Fsp3) is 0.278. The van der Waals surface area contributed by atoms with E-state index in [1.54, 1.807) is 0 Å². The summed E-state index contributed by atoms with van der Waals surface area (Å²) in [5.41, 5.74) is 7.69. The fourth-order valence-electron chi connectivity index (χ4n) is 5.57. The Bertz CT molecular complexity index is 1620. The Kier molecular flexibility index (Phi) is 8.99. The quantitative estimate of drug-likeness (QED) is 0.187. The van der Waals surface area contributed by atoms with Crippen molar-refractivity contribution in [2.24, 2.45) is 0 Å². The van der Waals surface area contributed by atoms with Gasteiger partial charge in [-0.15, -0.1) is 0 Å². The van der Waals surface area contributed by atoms with E-state index in [0.29, 0.717) is 13.0 Å². The molecule has 0 unspecified atom stereocenters. The maximum atomic E-state index is 12.3. The number of hydrogen-bond donors (Lipinski definition) is 2. The molecule has 0 bridgehead atoms. The zero-order valence-corrected chi connectivity index (χ0v) is 24.8. The number of amides is 1. The second-order valence-corrected chi connectivity index (χ2v) is 11.0. The average molecular weight is 574 g/mol. The van der Waals surface area contributed by atoms with Crippen molar-refractivity contribution in [2.75, 3.05) is 49.5 Å². The van der Waals surface area contributed by atoms with E-state index < -0.39 is 0 Å². The van der Waals surface area contributed by atoms with Crippen molar-refractivity contribution in [2.45, 2.75) is 26.2 Å². The Morgan fingerprint density at radius 1 is 0.860 bits per heavy atom. The largest absolute Gasteiger partial charge is 0.492 e. The van der Waals surface area contributed by atoms with Crippen molar-refractivity contribution in [1.29, 1.82) is 0 Å². The van der Waals surface area contributed by atoms with Crippen LogP contribution in [0.25, 0.3) is 22.4 Å². The molecule has 1 aliphatic rings. The lowest BCUT2D eigenvalue weighted by Gasteiger charge is -2.36. The molecule has 0 spiro atoms. The number of piperazine rings is 1. The minimum absolute atomic E-state index is 0.0160. The molecular formula is C36H39N5O2. The summed E-state index contributed by atoms with van der Waals surface area (Å²) in [6.45, 7) is 7.52. The smallest absolute Gasteiger partial charge is 0.224 e. The molecule has 220 valence electrons. The Labute approximate surface area is 253 Å². The number of ether oxygens (including phenoxy) is 1. The van der Waals surface area contributed by atoms with E-state index in [1.165, 1.54) is 16.8 Å². The predicted molar refractivity (Wildman–Crippen MR) is 175 cm³/mol. The number of fused-ring (bicyclic) bond motifs is 1. The molecule has 2 heterocycles. The average Bonchev–Trinajstić information content (AvgIpc) is 3.50. The number of aromatic nitrogens is 2. The third-order valence-electron chi connectivity index (χ3n) is 8.14. The third kappa shape index (κ3) is 7.24. The molecule has 0 radical (unpaired) electrons. The second-order valence-electron chi connectivity index (χ2n) is 11.0. The lowest BCUT2D eigenvalue weighted by atomic mass is 10.1. The molecule has 0 aliphatic carbocycles. The van der Waals surface area contributed by atoms with Gasteiger partial charge in [-0.25, -0.2) is 4.98 Å². The van der Waals surface area contributed by atoms with Crippen LogP contribution in [-0.2, 0) is 17.6 Å². The number of imidazole rings is 1. The first-order chi connectivity index (χ1) is 21.1. The van der Waals surface area contributed by atoms with Crippen LogP contribution in [0.2, 0.25) is 0 Å². The molecule has 4 aromatic carbocycles. The summed E-state index contributed by atoms with van der Waals surface area (Å²) >= 11 is 0. The number of H-pyrrole nitrogens is 1. The standard InChI is InChI=1S/C36H39N5O2/c1-2-27-11-14-29(15-12-27)36-38-32-9-6-10-33(35(32)39-36)41-23-21-40(22-24-41)25-26-43-31-18-16-30(17-19-31)37-34(42)20-13-28-7-4-3-5-8-28/h3-12,14-19H,2,13,20-26H2,1H3,(H,37,42)(H,38,39). The van der Waals surface area contributed by atoms with E-state index in [2.05, 4.69) is 69.5 Å². The zero-order chi connectivity index (χ0) is 29.4. The minimum atomic E-state index is 0.0160. The monoisotopic (exact) mass is 573 g/mol. The van der Waals surface area contributed by atoms with E-state index >= 15 is 0 Å². The van der Waals surface area contributed by atoms with Gasteiger partial charge in [0.05, 0.1) is 11.2 Å². The molecule has 0 saturated carbocycles. The van der Waals surface area contributed by atoms with Crippen molar-refractivity contribution in [3.05, 3.63) is 108 Å². The highest BCUT2D eigenvalue weighted by atomic mass is 16.5. The Balaban J connectivity index is 0.955. The SMILES string of the molecule is CCc1ccc(-c2nc3c(N4CCN(CCOc5ccc(NC(=O)CCc6ccccc6)cc5)CC4)cccc3[nH]2)cc1. The molecule has 43 heavy (non-hydrogen) atoms. The molecule has 0 atom stereocenters. The van der Waals surface area contributed by atoms with Crippen LogP contribution in [0.3, 0.4) is 0 Å². The summed E-state index contributed by atoms with van der Waals surface area (Å²) in [6.07, 6.45) is 2.23. The summed E-state index contributed by atoms with van der Waals surface area (Å²) in [4.78, 5) is 25.7. The summed E-state index contributed by atoms with van der Waals surface area (Å²) in [7, 11) is 0. The first-order valence-electron chi connectivity index (χ1n) is 15.3. The molecule has 7 heteroatoms. The molecule has 2 N–H and O–H groups in total. The van der Waals surface area contributed by atoms with Crippen molar-refractivity contribution in [1.82, 2.24) is 14.9 Å². The van der Waals surface area contributed by atoms with Gasteiger partial charge in [0.1, 0.15) is 23.7 Å². The molecule has 7 nitrogen and oxygen atoms in total. The summed E-state index contributed by atoms with van der Waals surface area (Å²) < 4.78 is 6.02. The van der Waals surface area contributed by atoms with Gasteiger partial charge >= 0.3 is 0 Å². The molecule has 1 aromatic heterocycles. The van der Waals surface area contributed by atoms with Crippen LogP contribution in [0.4, 0.5) is 11.4 Å². The van der Waals surface area contributed by atoms with Gasteiger partial charge in [-0.05, 0) is 60.4 Å². The van der Waals surface area contributed by atoms with E-state index in [9.17, 15) is 4.79 Å².